The monoisotopic (exact) mass is 142 g/mol. The Morgan fingerprint density at radius 2 is 2.10 bits per heavy atom. The molecule has 3 nitrogen and oxygen atoms in total. The number of carbonyl (C=O) groups excluding carboxylic acids is 1. The van der Waals surface area contributed by atoms with Crippen molar-refractivity contribution >= 4 is 5.91 Å². The van der Waals surface area contributed by atoms with Crippen LogP contribution in [-0.2, 0) is 4.79 Å². The van der Waals surface area contributed by atoms with Crippen LogP contribution in [0.1, 0.15) is 6.92 Å². The summed E-state index contributed by atoms with van der Waals surface area (Å²) in [5.41, 5.74) is 5.62. The minimum absolute atomic E-state index is 0.346. The summed E-state index contributed by atoms with van der Waals surface area (Å²) in [6, 6.07) is 0. The Labute approximate surface area is 61.5 Å². The number of hydrogen-bond acceptors (Lipinski definition) is 2. The van der Waals surface area contributed by atoms with Crippen molar-refractivity contribution in [2.24, 2.45) is 5.73 Å². The largest absolute Gasteiger partial charge is 0.366 e. The van der Waals surface area contributed by atoms with Gasteiger partial charge in [0.25, 0.3) is 0 Å². The number of amides is 1. The van der Waals surface area contributed by atoms with Crippen LogP contribution in [0.25, 0.3) is 0 Å². The third kappa shape index (κ3) is 4.09. The fraction of sp³-hybridized carbons (Fsp3) is 0.571. The SMILES string of the molecule is CC(=CCN(C)C)C(N)=O. The van der Waals surface area contributed by atoms with Crippen LogP contribution in [0.4, 0.5) is 0 Å². The highest BCUT2D eigenvalue weighted by atomic mass is 16.1. The van der Waals surface area contributed by atoms with Crippen molar-refractivity contribution in [1.82, 2.24) is 4.90 Å². The van der Waals surface area contributed by atoms with Crippen molar-refractivity contribution in [3.05, 3.63) is 11.6 Å². The van der Waals surface area contributed by atoms with Gasteiger partial charge in [0.15, 0.2) is 0 Å². The van der Waals surface area contributed by atoms with Gasteiger partial charge in [0.2, 0.25) is 5.91 Å². The van der Waals surface area contributed by atoms with Gasteiger partial charge in [-0.2, -0.15) is 0 Å². The van der Waals surface area contributed by atoms with Crippen molar-refractivity contribution in [2.45, 2.75) is 6.92 Å². The quantitative estimate of drug-likeness (QED) is 0.563. The topological polar surface area (TPSA) is 46.3 Å². The Balaban J connectivity index is 3.81. The van der Waals surface area contributed by atoms with Crippen LogP contribution in [0.15, 0.2) is 11.6 Å². The highest BCUT2D eigenvalue weighted by Gasteiger charge is 1.94. The summed E-state index contributed by atoms with van der Waals surface area (Å²) in [5.74, 6) is -0.346. The minimum atomic E-state index is -0.346. The van der Waals surface area contributed by atoms with E-state index in [-0.39, 0.29) is 5.91 Å². The van der Waals surface area contributed by atoms with E-state index in [4.69, 9.17) is 5.73 Å². The van der Waals surface area contributed by atoms with Gasteiger partial charge < -0.3 is 10.6 Å². The van der Waals surface area contributed by atoms with E-state index >= 15 is 0 Å². The summed E-state index contributed by atoms with van der Waals surface area (Å²) in [6.07, 6.45) is 1.81. The molecule has 0 aliphatic heterocycles. The van der Waals surface area contributed by atoms with E-state index in [0.717, 1.165) is 6.54 Å². The summed E-state index contributed by atoms with van der Waals surface area (Å²) in [7, 11) is 3.87. The molecule has 0 heterocycles. The van der Waals surface area contributed by atoms with Gasteiger partial charge in [-0.15, -0.1) is 0 Å². The fourth-order valence-corrected chi connectivity index (χ4v) is 0.420. The van der Waals surface area contributed by atoms with Crippen LogP contribution in [0, 0.1) is 0 Å². The van der Waals surface area contributed by atoms with E-state index in [0.29, 0.717) is 5.57 Å². The number of likely N-dealkylation sites (N-methyl/N-ethyl adjacent to an activating group) is 1. The maximum atomic E-state index is 10.4. The molecule has 0 rings (SSSR count). The third-order valence-corrected chi connectivity index (χ3v) is 1.15. The molecule has 0 radical (unpaired) electrons. The average molecular weight is 142 g/mol. The van der Waals surface area contributed by atoms with E-state index in [2.05, 4.69) is 0 Å². The van der Waals surface area contributed by atoms with E-state index < -0.39 is 0 Å². The van der Waals surface area contributed by atoms with Gasteiger partial charge in [-0.1, -0.05) is 6.08 Å². The molecule has 10 heavy (non-hydrogen) atoms. The minimum Gasteiger partial charge on any atom is -0.366 e. The van der Waals surface area contributed by atoms with Crippen molar-refractivity contribution < 1.29 is 4.79 Å². The Morgan fingerprint density at radius 3 is 2.40 bits per heavy atom. The number of nitrogens with zero attached hydrogens (tertiary/aromatic N) is 1. The molecule has 0 atom stereocenters. The molecule has 0 saturated carbocycles. The predicted octanol–water partition coefficient (Wildman–Crippen LogP) is -0.0204. The lowest BCUT2D eigenvalue weighted by molar-refractivity contribution is -0.114. The first-order valence-electron chi connectivity index (χ1n) is 3.15. The van der Waals surface area contributed by atoms with Crippen LogP contribution in [0.2, 0.25) is 0 Å². The molecule has 2 N–H and O–H groups in total. The summed E-state index contributed by atoms with van der Waals surface area (Å²) in [5, 5.41) is 0. The molecule has 0 unspecified atom stereocenters. The second kappa shape index (κ2) is 4.06. The molecule has 0 aliphatic carbocycles. The summed E-state index contributed by atoms with van der Waals surface area (Å²) in [6.45, 7) is 2.47. The second-order valence-corrected chi connectivity index (χ2v) is 2.51. The molecule has 0 saturated heterocycles. The van der Waals surface area contributed by atoms with Gasteiger partial charge in [0, 0.05) is 12.1 Å². The number of carbonyl (C=O) groups is 1. The average Bonchev–Trinajstić information content (AvgIpc) is 1.82. The molecule has 0 fully saturated rings. The number of hydrogen-bond donors (Lipinski definition) is 1. The van der Waals surface area contributed by atoms with Gasteiger partial charge in [0.1, 0.15) is 0 Å². The van der Waals surface area contributed by atoms with E-state index in [1.165, 1.54) is 0 Å². The van der Waals surface area contributed by atoms with Gasteiger partial charge in [-0.3, -0.25) is 4.79 Å². The zero-order valence-corrected chi connectivity index (χ0v) is 6.72. The Kier molecular flexibility index (Phi) is 3.72. The van der Waals surface area contributed by atoms with E-state index in [1.54, 1.807) is 6.92 Å². The van der Waals surface area contributed by atoms with Crippen LogP contribution < -0.4 is 5.73 Å². The summed E-state index contributed by atoms with van der Waals surface area (Å²) >= 11 is 0. The number of nitrogens with two attached hydrogens (primary N) is 1. The van der Waals surface area contributed by atoms with Gasteiger partial charge in [-0.05, 0) is 21.0 Å². The lowest BCUT2D eigenvalue weighted by Crippen LogP contribution is -2.15. The molecule has 1 amide bonds. The molecule has 3 heteroatoms. The molecule has 0 aromatic heterocycles. The highest BCUT2D eigenvalue weighted by Crippen LogP contribution is 1.89. The van der Waals surface area contributed by atoms with Crippen LogP contribution in [0.5, 0.6) is 0 Å². The van der Waals surface area contributed by atoms with Gasteiger partial charge in [-0.25, -0.2) is 0 Å². The Hall–Kier alpha value is -0.830. The predicted molar refractivity (Wildman–Crippen MR) is 41.5 cm³/mol. The molecule has 0 aliphatic rings. The van der Waals surface area contributed by atoms with E-state index in [9.17, 15) is 4.79 Å². The zero-order valence-electron chi connectivity index (χ0n) is 6.72. The van der Waals surface area contributed by atoms with Crippen LogP contribution >= 0.6 is 0 Å². The molecular weight excluding hydrogens is 128 g/mol. The maximum Gasteiger partial charge on any atom is 0.244 e. The van der Waals surface area contributed by atoms with Crippen LogP contribution in [-0.4, -0.2) is 31.4 Å². The first-order valence-corrected chi connectivity index (χ1v) is 3.15. The molecular formula is C7H14N2O. The Morgan fingerprint density at radius 1 is 1.60 bits per heavy atom. The first kappa shape index (κ1) is 9.17. The zero-order chi connectivity index (χ0) is 8.15. The van der Waals surface area contributed by atoms with E-state index in [1.807, 2.05) is 25.1 Å². The molecule has 0 bridgehead atoms. The van der Waals surface area contributed by atoms with Crippen LogP contribution in [0.3, 0.4) is 0 Å². The molecule has 0 aromatic rings. The third-order valence-electron chi connectivity index (χ3n) is 1.15. The van der Waals surface area contributed by atoms with Gasteiger partial charge in [0.05, 0.1) is 0 Å². The first-order chi connectivity index (χ1) is 4.54. The lowest BCUT2D eigenvalue weighted by Gasteiger charge is -2.04. The lowest BCUT2D eigenvalue weighted by atomic mass is 10.3. The normalized spacial score (nSPS) is 12.2. The van der Waals surface area contributed by atoms with Crippen molar-refractivity contribution in [3.63, 3.8) is 0 Å². The maximum absolute atomic E-state index is 10.4. The second-order valence-electron chi connectivity index (χ2n) is 2.51. The number of primary amides is 1. The molecule has 0 aromatic carbocycles. The number of rotatable bonds is 3. The highest BCUT2D eigenvalue weighted by molar-refractivity contribution is 5.91. The Bertz CT molecular complexity index is 150. The molecule has 0 spiro atoms. The van der Waals surface area contributed by atoms with Crippen molar-refractivity contribution in [1.29, 1.82) is 0 Å². The molecule has 58 valence electrons. The fourth-order valence-electron chi connectivity index (χ4n) is 0.420. The summed E-state index contributed by atoms with van der Waals surface area (Å²) < 4.78 is 0. The van der Waals surface area contributed by atoms with Crippen molar-refractivity contribution in [2.75, 3.05) is 20.6 Å². The smallest absolute Gasteiger partial charge is 0.244 e. The van der Waals surface area contributed by atoms with Crippen molar-refractivity contribution in [3.8, 4) is 0 Å². The summed E-state index contributed by atoms with van der Waals surface area (Å²) in [4.78, 5) is 12.4. The van der Waals surface area contributed by atoms with Gasteiger partial charge >= 0.3 is 0 Å². The standard InChI is InChI=1S/C7H14N2O/c1-6(7(8)10)4-5-9(2)3/h4H,5H2,1-3H3,(H2,8,10).